The molecule has 0 spiro atoms. The molecule has 0 bridgehead atoms. The molecule has 52 heavy (non-hydrogen) atoms. The summed E-state index contributed by atoms with van der Waals surface area (Å²) in [5, 5.41) is 9.00. The quantitative estimate of drug-likeness (QED) is 0.0423. The van der Waals surface area contributed by atoms with E-state index in [1.165, 1.54) is 48.1 Å². The van der Waals surface area contributed by atoms with Gasteiger partial charge in [-0.3, -0.25) is 4.79 Å². The number of rotatable bonds is 17. The second-order valence-corrected chi connectivity index (χ2v) is 13.2. The summed E-state index contributed by atoms with van der Waals surface area (Å²) in [6.07, 6.45) is 10.3. The molecule has 5 rings (SSSR count). The summed E-state index contributed by atoms with van der Waals surface area (Å²) in [5.74, 6) is -0.584. The van der Waals surface area contributed by atoms with Gasteiger partial charge in [0.2, 0.25) is 0 Å². The molecular formula is C47H47N3O2. The first kappa shape index (κ1) is 37.3. The Hall–Kier alpha value is -5.91. The van der Waals surface area contributed by atoms with Crippen molar-refractivity contribution < 1.29 is 9.53 Å². The Bertz CT molecular complexity index is 1980. The number of carbonyl (C=O) groups is 1. The number of unbranched alkanes of at least 4 members (excludes halogenated alkanes) is 5. The van der Waals surface area contributed by atoms with Crippen molar-refractivity contribution in [1.29, 1.82) is 5.26 Å². The average molecular weight is 686 g/mol. The first-order chi connectivity index (χ1) is 25.5. The smallest absolute Gasteiger partial charge is 0.336 e. The maximum Gasteiger partial charge on any atom is 0.336 e. The number of anilines is 1. The van der Waals surface area contributed by atoms with Gasteiger partial charge in [0, 0.05) is 19.3 Å². The van der Waals surface area contributed by atoms with Crippen molar-refractivity contribution >= 4 is 17.7 Å². The van der Waals surface area contributed by atoms with Gasteiger partial charge in [-0.2, -0.15) is 5.26 Å². The number of nitrogens with zero attached hydrogens (tertiary/aromatic N) is 3. The highest BCUT2D eigenvalue weighted by Crippen LogP contribution is 2.28. The van der Waals surface area contributed by atoms with Crippen molar-refractivity contribution in [3.8, 4) is 39.4 Å². The van der Waals surface area contributed by atoms with E-state index < -0.39 is 5.97 Å². The van der Waals surface area contributed by atoms with Gasteiger partial charge in [0.05, 0.1) is 24.8 Å². The van der Waals surface area contributed by atoms with E-state index >= 15 is 0 Å². The van der Waals surface area contributed by atoms with Crippen molar-refractivity contribution in [2.45, 2.75) is 58.3 Å². The number of hydrogen-bond donors (Lipinski definition) is 0. The second kappa shape index (κ2) is 19.5. The van der Waals surface area contributed by atoms with Crippen LogP contribution in [0.15, 0.2) is 127 Å². The van der Waals surface area contributed by atoms with Gasteiger partial charge in [-0.25, -0.2) is 4.85 Å². The Morgan fingerprint density at radius 1 is 0.692 bits per heavy atom. The van der Waals surface area contributed by atoms with Crippen molar-refractivity contribution in [1.82, 2.24) is 0 Å². The Kier molecular flexibility index (Phi) is 14.0. The van der Waals surface area contributed by atoms with Crippen LogP contribution in [0, 0.1) is 17.9 Å². The Labute approximate surface area is 309 Å². The molecule has 0 saturated heterocycles. The lowest BCUT2D eigenvalue weighted by Crippen LogP contribution is -2.18. The summed E-state index contributed by atoms with van der Waals surface area (Å²) in [5.41, 5.74) is 10.7. The van der Waals surface area contributed by atoms with Crippen LogP contribution in [-0.2, 0) is 16.0 Å². The van der Waals surface area contributed by atoms with Gasteiger partial charge >= 0.3 is 5.97 Å². The van der Waals surface area contributed by atoms with Crippen molar-refractivity contribution in [3.63, 3.8) is 0 Å². The first-order valence-electron chi connectivity index (χ1n) is 18.3. The zero-order chi connectivity index (χ0) is 36.5. The van der Waals surface area contributed by atoms with Gasteiger partial charge in [-0.1, -0.05) is 123 Å². The molecule has 0 saturated carbocycles. The zero-order valence-electron chi connectivity index (χ0n) is 30.4. The molecule has 0 fully saturated rings. The van der Waals surface area contributed by atoms with Crippen LogP contribution in [0.25, 0.3) is 44.3 Å². The predicted octanol–water partition coefficient (Wildman–Crippen LogP) is 11.8. The van der Waals surface area contributed by atoms with E-state index in [9.17, 15) is 4.79 Å². The molecule has 0 heterocycles. The van der Waals surface area contributed by atoms with E-state index in [-0.39, 0.29) is 5.70 Å². The van der Waals surface area contributed by atoms with E-state index in [0.29, 0.717) is 12.2 Å². The van der Waals surface area contributed by atoms with Gasteiger partial charge in [0.25, 0.3) is 5.70 Å². The van der Waals surface area contributed by atoms with E-state index in [4.69, 9.17) is 16.6 Å². The van der Waals surface area contributed by atoms with Crippen LogP contribution in [0.4, 0.5) is 5.69 Å². The summed E-state index contributed by atoms with van der Waals surface area (Å²) in [6.45, 7) is 11.2. The molecule has 262 valence electrons. The maximum absolute atomic E-state index is 12.6. The number of hydrogen-bond acceptors (Lipinski definition) is 4. The number of carbonyl (C=O) groups excluding carboxylic acids is 1. The van der Waals surface area contributed by atoms with E-state index in [0.717, 1.165) is 60.0 Å². The summed E-state index contributed by atoms with van der Waals surface area (Å²) in [7, 11) is 2.16. The van der Waals surface area contributed by atoms with Gasteiger partial charge in [0.15, 0.2) is 0 Å². The van der Waals surface area contributed by atoms with Crippen LogP contribution < -0.4 is 4.90 Å². The lowest BCUT2D eigenvalue weighted by Gasteiger charge is -2.19. The normalized spacial score (nSPS) is 11.0. The molecule has 0 aliphatic heterocycles. The molecule has 5 heteroatoms. The monoisotopic (exact) mass is 685 g/mol. The molecule has 0 radical (unpaired) electrons. The van der Waals surface area contributed by atoms with Crippen LogP contribution in [0.3, 0.4) is 0 Å². The third kappa shape index (κ3) is 10.8. The third-order valence-electron chi connectivity index (χ3n) is 9.39. The molecule has 0 aromatic heterocycles. The standard InChI is InChI=1S/C47H47N3O2/c1-4-5-6-9-32-50(3)45-30-28-44(29-31-45)43-26-24-42(25-27-43)40-20-14-37(15-21-40)34-46(49-2)47(51)52-33-10-7-8-11-36-12-18-39(19-13-36)41-22-16-38(35-48)17-23-41/h12-31,34H,4-11,32-33H2,1,3H3/b46-34-. The highest BCUT2D eigenvalue weighted by atomic mass is 16.5. The average Bonchev–Trinajstić information content (AvgIpc) is 3.20. The maximum atomic E-state index is 12.6. The van der Waals surface area contributed by atoms with Crippen LogP contribution in [0.5, 0.6) is 0 Å². The first-order valence-corrected chi connectivity index (χ1v) is 18.3. The Morgan fingerprint density at radius 3 is 1.73 bits per heavy atom. The molecule has 0 N–H and O–H groups in total. The summed E-state index contributed by atoms with van der Waals surface area (Å²) in [6, 6.07) is 43.5. The number of benzene rings is 5. The van der Waals surface area contributed by atoms with E-state index in [1.807, 2.05) is 48.5 Å². The fraction of sp³-hybridized carbons (Fsp3) is 0.255. The molecule has 0 unspecified atom stereocenters. The fourth-order valence-corrected chi connectivity index (χ4v) is 6.18. The highest BCUT2D eigenvalue weighted by Gasteiger charge is 2.12. The summed E-state index contributed by atoms with van der Waals surface area (Å²) >= 11 is 0. The van der Waals surface area contributed by atoms with Gasteiger partial charge in [-0.05, 0) is 107 Å². The van der Waals surface area contributed by atoms with Crippen LogP contribution in [0.1, 0.15) is 68.6 Å². The molecule has 0 atom stereocenters. The highest BCUT2D eigenvalue weighted by molar-refractivity contribution is 5.95. The minimum absolute atomic E-state index is 0.0202. The van der Waals surface area contributed by atoms with Gasteiger partial charge < -0.3 is 9.64 Å². The zero-order valence-corrected chi connectivity index (χ0v) is 30.4. The van der Waals surface area contributed by atoms with Crippen molar-refractivity contribution in [2.75, 3.05) is 25.1 Å². The summed E-state index contributed by atoms with van der Waals surface area (Å²) in [4.78, 5) is 18.4. The van der Waals surface area contributed by atoms with Crippen LogP contribution in [-0.4, -0.2) is 26.2 Å². The van der Waals surface area contributed by atoms with Crippen molar-refractivity contribution in [2.24, 2.45) is 0 Å². The Balaban J connectivity index is 1.05. The Morgan fingerprint density at radius 2 is 1.19 bits per heavy atom. The molecule has 0 amide bonds. The lowest BCUT2D eigenvalue weighted by molar-refractivity contribution is -0.138. The number of nitriles is 1. The lowest BCUT2D eigenvalue weighted by atomic mass is 9.99. The predicted molar refractivity (Wildman–Crippen MR) is 214 cm³/mol. The number of aryl methyl sites for hydroxylation is 1. The molecule has 0 aliphatic rings. The van der Waals surface area contributed by atoms with Gasteiger partial charge in [-0.15, -0.1) is 0 Å². The largest absolute Gasteiger partial charge is 0.471 e. The third-order valence-corrected chi connectivity index (χ3v) is 9.39. The number of esters is 1. The van der Waals surface area contributed by atoms with Crippen molar-refractivity contribution in [3.05, 3.63) is 155 Å². The molecule has 5 aromatic rings. The van der Waals surface area contributed by atoms with Crippen LogP contribution >= 0.6 is 0 Å². The fourth-order valence-electron chi connectivity index (χ4n) is 6.18. The SMILES string of the molecule is [C-]#[N+]/C(=C\c1ccc(-c2ccc(-c3ccc(N(C)CCCCCC)cc3)cc2)cc1)C(=O)OCCCCCc1ccc(-c2ccc(C#N)cc2)cc1. The molecule has 5 nitrogen and oxygen atoms in total. The topological polar surface area (TPSA) is 57.7 Å². The second-order valence-electron chi connectivity index (χ2n) is 13.2. The van der Waals surface area contributed by atoms with E-state index in [1.54, 1.807) is 6.08 Å². The summed E-state index contributed by atoms with van der Waals surface area (Å²) < 4.78 is 5.44. The molecule has 0 aliphatic carbocycles. The minimum atomic E-state index is -0.584. The van der Waals surface area contributed by atoms with E-state index in [2.05, 4.69) is 103 Å². The molecule has 5 aromatic carbocycles. The van der Waals surface area contributed by atoms with Gasteiger partial charge in [0.1, 0.15) is 0 Å². The number of ether oxygens (including phenoxy) is 1. The minimum Gasteiger partial charge on any atom is -0.471 e. The van der Waals surface area contributed by atoms with Crippen LogP contribution in [0.2, 0.25) is 0 Å². The molecular weight excluding hydrogens is 639 g/mol.